The first-order chi connectivity index (χ1) is 9.22. The lowest BCUT2D eigenvalue weighted by atomic mass is 10.1. The van der Waals surface area contributed by atoms with Crippen LogP contribution in [0.4, 0.5) is 0 Å². The van der Waals surface area contributed by atoms with Crippen LogP contribution in [0.2, 0.25) is 0 Å². The summed E-state index contributed by atoms with van der Waals surface area (Å²) in [6, 6.07) is 5.40. The molecule has 1 aromatic heterocycles. The highest BCUT2D eigenvalue weighted by Crippen LogP contribution is 2.22. The molecule has 0 fully saturated rings. The third kappa shape index (κ3) is 3.17. The van der Waals surface area contributed by atoms with Crippen molar-refractivity contribution in [1.29, 1.82) is 0 Å². The topological polar surface area (TPSA) is 92.0 Å². The molecule has 100 valence electrons. The van der Waals surface area contributed by atoms with Crippen LogP contribution in [0.1, 0.15) is 5.69 Å². The van der Waals surface area contributed by atoms with E-state index in [0.29, 0.717) is 6.42 Å². The van der Waals surface area contributed by atoms with E-state index in [2.05, 4.69) is 9.98 Å². The molecule has 0 saturated heterocycles. The number of esters is 1. The zero-order valence-electron chi connectivity index (χ0n) is 10.2. The largest absolute Gasteiger partial charge is 0.507 e. The van der Waals surface area contributed by atoms with Gasteiger partial charge in [-0.15, -0.1) is 0 Å². The second-order valence-electron chi connectivity index (χ2n) is 3.98. The Balaban J connectivity index is 2.10. The molecule has 19 heavy (non-hydrogen) atoms. The number of aliphatic hydroxyl groups is 2. The van der Waals surface area contributed by atoms with E-state index in [-0.39, 0.29) is 24.5 Å². The van der Waals surface area contributed by atoms with Gasteiger partial charge in [0.15, 0.2) is 6.10 Å². The summed E-state index contributed by atoms with van der Waals surface area (Å²) in [5.41, 5.74) is 0.759. The number of hydrogen-bond donors (Lipinski definition) is 2. The first kappa shape index (κ1) is 13.2. The van der Waals surface area contributed by atoms with Crippen molar-refractivity contribution in [1.82, 2.24) is 4.98 Å². The highest BCUT2D eigenvalue weighted by molar-refractivity contribution is 6.11. The summed E-state index contributed by atoms with van der Waals surface area (Å²) in [5.74, 6) is -0.752. The van der Waals surface area contributed by atoms with Gasteiger partial charge in [0.25, 0.3) is 0 Å². The Kier molecular flexibility index (Phi) is 4.25. The van der Waals surface area contributed by atoms with Gasteiger partial charge in [-0.3, -0.25) is 9.98 Å². The molecule has 0 saturated carbocycles. The fourth-order valence-electron chi connectivity index (χ4n) is 1.71. The minimum Gasteiger partial charge on any atom is -0.507 e. The Bertz CT molecular complexity index is 511. The number of cyclic esters (lactones) is 1. The van der Waals surface area contributed by atoms with Crippen molar-refractivity contribution in [2.45, 2.75) is 12.5 Å². The van der Waals surface area contributed by atoms with Gasteiger partial charge < -0.3 is 14.9 Å². The molecule has 0 aromatic carbocycles. The fourth-order valence-corrected chi connectivity index (χ4v) is 1.71. The maximum absolute atomic E-state index is 11.6. The standard InChI is InChI=1S/C13H14N2O4/c16-6-5-14-8-10-12(17)11(19-13(10)18)7-9-3-1-2-4-15-9/h1-4,8,11,16-17H,5-7H2. The molecule has 1 atom stereocenters. The Labute approximate surface area is 110 Å². The minimum absolute atomic E-state index is 0.0365. The predicted molar refractivity (Wildman–Crippen MR) is 67.9 cm³/mol. The number of hydrogen-bond acceptors (Lipinski definition) is 6. The summed E-state index contributed by atoms with van der Waals surface area (Å²) in [6.07, 6.45) is 2.46. The monoisotopic (exact) mass is 262 g/mol. The predicted octanol–water partition coefficient (Wildman–Crippen LogP) is 0.425. The molecular weight excluding hydrogens is 248 g/mol. The number of aromatic nitrogens is 1. The van der Waals surface area contributed by atoms with Crippen molar-refractivity contribution in [2.24, 2.45) is 4.99 Å². The zero-order chi connectivity index (χ0) is 13.7. The number of aliphatic hydroxyl groups excluding tert-OH is 2. The van der Waals surface area contributed by atoms with Gasteiger partial charge in [0.05, 0.1) is 13.2 Å². The van der Waals surface area contributed by atoms with E-state index in [1.807, 2.05) is 6.07 Å². The van der Waals surface area contributed by atoms with Crippen molar-refractivity contribution < 1.29 is 19.7 Å². The molecule has 2 N–H and O–H groups in total. The van der Waals surface area contributed by atoms with E-state index in [1.54, 1.807) is 18.3 Å². The zero-order valence-corrected chi connectivity index (χ0v) is 10.2. The summed E-state index contributed by atoms with van der Waals surface area (Å²) >= 11 is 0. The Hall–Kier alpha value is -2.21. The third-order valence-corrected chi connectivity index (χ3v) is 2.62. The summed E-state index contributed by atoms with van der Waals surface area (Å²) in [7, 11) is 0. The van der Waals surface area contributed by atoms with Crippen LogP contribution in [0.25, 0.3) is 0 Å². The maximum Gasteiger partial charge on any atom is 0.344 e. The van der Waals surface area contributed by atoms with Gasteiger partial charge in [-0.25, -0.2) is 4.79 Å². The summed E-state index contributed by atoms with van der Waals surface area (Å²) in [4.78, 5) is 19.5. The van der Waals surface area contributed by atoms with Gasteiger partial charge in [-0.1, -0.05) is 6.07 Å². The maximum atomic E-state index is 11.6. The van der Waals surface area contributed by atoms with Gasteiger partial charge >= 0.3 is 5.97 Å². The molecule has 2 rings (SSSR count). The van der Waals surface area contributed by atoms with E-state index in [4.69, 9.17) is 9.84 Å². The number of carbonyl (C=O) groups is 1. The van der Waals surface area contributed by atoms with Crippen molar-refractivity contribution in [3.63, 3.8) is 0 Å². The van der Waals surface area contributed by atoms with Crippen molar-refractivity contribution >= 4 is 12.2 Å². The molecule has 1 aliphatic heterocycles. The summed E-state index contributed by atoms with van der Waals surface area (Å²) < 4.78 is 5.06. The number of carbonyl (C=O) groups excluding carboxylic acids is 1. The van der Waals surface area contributed by atoms with Crippen LogP contribution in [-0.2, 0) is 16.0 Å². The molecular formula is C13H14N2O4. The SMILES string of the molecule is O=C1OC(Cc2ccccn2)C(O)=C1C=NCCO. The molecule has 1 aliphatic rings. The molecule has 0 radical (unpaired) electrons. The van der Waals surface area contributed by atoms with E-state index >= 15 is 0 Å². The lowest BCUT2D eigenvalue weighted by Gasteiger charge is -2.08. The average molecular weight is 262 g/mol. The van der Waals surface area contributed by atoms with Crippen LogP contribution in [0, 0.1) is 0 Å². The van der Waals surface area contributed by atoms with Crippen LogP contribution in [0.15, 0.2) is 40.7 Å². The molecule has 2 heterocycles. The first-order valence-corrected chi connectivity index (χ1v) is 5.87. The Morgan fingerprint density at radius 3 is 3.00 bits per heavy atom. The van der Waals surface area contributed by atoms with Crippen LogP contribution in [0.5, 0.6) is 0 Å². The second-order valence-corrected chi connectivity index (χ2v) is 3.98. The number of rotatable bonds is 5. The lowest BCUT2D eigenvalue weighted by molar-refractivity contribution is -0.139. The smallest absolute Gasteiger partial charge is 0.344 e. The van der Waals surface area contributed by atoms with E-state index < -0.39 is 12.1 Å². The molecule has 0 bridgehead atoms. The third-order valence-electron chi connectivity index (χ3n) is 2.62. The first-order valence-electron chi connectivity index (χ1n) is 5.87. The van der Waals surface area contributed by atoms with Gasteiger partial charge in [0.2, 0.25) is 0 Å². The molecule has 6 nitrogen and oxygen atoms in total. The molecule has 0 aliphatic carbocycles. The Morgan fingerprint density at radius 2 is 2.32 bits per heavy atom. The molecule has 1 aromatic rings. The number of aliphatic imine (C=N–C) groups is 1. The molecule has 1 unspecified atom stereocenters. The fraction of sp³-hybridized carbons (Fsp3) is 0.308. The lowest BCUT2D eigenvalue weighted by Crippen LogP contribution is -2.15. The van der Waals surface area contributed by atoms with Gasteiger partial charge in [0.1, 0.15) is 11.3 Å². The number of nitrogens with zero attached hydrogens (tertiary/aromatic N) is 2. The van der Waals surface area contributed by atoms with Crippen LogP contribution < -0.4 is 0 Å². The molecule has 0 amide bonds. The quantitative estimate of drug-likeness (QED) is 0.593. The highest BCUT2D eigenvalue weighted by Gasteiger charge is 2.33. The van der Waals surface area contributed by atoms with Crippen molar-refractivity contribution in [3.05, 3.63) is 41.4 Å². The van der Waals surface area contributed by atoms with Gasteiger partial charge in [-0.2, -0.15) is 0 Å². The number of pyridine rings is 1. The molecule has 0 spiro atoms. The summed E-state index contributed by atoms with van der Waals surface area (Å²) in [5, 5.41) is 18.5. The van der Waals surface area contributed by atoms with E-state index in [9.17, 15) is 9.90 Å². The average Bonchev–Trinajstić information content (AvgIpc) is 2.68. The summed E-state index contributed by atoms with van der Waals surface area (Å²) in [6.45, 7) is 0.0614. The Morgan fingerprint density at radius 1 is 1.47 bits per heavy atom. The minimum atomic E-state index is -0.724. The van der Waals surface area contributed by atoms with Gasteiger partial charge in [0, 0.05) is 24.5 Å². The highest BCUT2D eigenvalue weighted by atomic mass is 16.6. The second kappa shape index (κ2) is 6.10. The van der Waals surface area contributed by atoms with E-state index in [0.717, 1.165) is 5.69 Å². The van der Waals surface area contributed by atoms with Crippen molar-refractivity contribution in [3.8, 4) is 0 Å². The van der Waals surface area contributed by atoms with E-state index in [1.165, 1.54) is 6.21 Å². The van der Waals surface area contributed by atoms with Crippen molar-refractivity contribution in [2.75, 3.05) is 13.2 Å². The van der Waals surface area contributed by atoms with Crippen LogP contribution in [0.3, 0.4) is 0 Å². The number of ether oxygens (including phenoxy) is 1. The van der Waals surface area contributed by atoms with Crippen LogP contribution in [-0.4, -0.2) is 46.6 Å². The normalized spacial score (nSPS) is 19.2. The molecule has 6 heteroatoms. The van der Waals surface area contributed by atoms with Crippen LogP contribution >= 0.6 is 0 Å². The van der Waals surface area contributed by atoms with Gasteiger partial charge in [-0.05, 0) is 12.1 Å².